The molecule has 1 aliphatic rings. The van der Waals surface area contributed by atoms with E-state index in [2.05, 4.69) is 11.1 Å². The van der Waals surface area contributed by atoms with E-state index in [1.807, 2.05) is 43.3 Å². The number of rotatable bonds is 8. The van der Waals surface area contributed by atoms with Crippen LogP contribution in [0.25, 0.3) is 43.5 Å². The van der Waals surface area contributed by atoms with E-state index < -0.39 is 5.97 Å². The molecule has 7 rings (SSSR count). The molecule has 46 heavy (non-hydrogen) atoms. The number of carboxylic acids is 1. The normalized spacial score (nSPS) is 12.8. The highest BCUT2D eigenvalue weighted by Gasteiger charge is 2.32. The van der Waals surface area contributed by atoms with Gasteiger partial charge in [0.1, 0.15) is 29.8 Å². The van der Waals surface area contributed by atoms with Gasteiger partial charge in [-0.1, -0.05) is 41.9 Å². The summed E-state index contributed by atoms with van der Waals surface area (Å²) >= 11 is 7.71. The van der Waals surface area contributed by atoms with Crippen LogP contribution in [0.4, 0.5) is 0 Å². The third-order valence-electron chi connectivity index (χ3n) is 8.13. The van der Waals surface area contributed by atoms with Crippen molar-refractivity contribution in [1.29, 1.82) is 5.26 Å². The van der Waals surface area contributed by atoms with Crippen LogP contribution in [-0.4, -0.2) is 37.2 Å². The number of benzene rings is 2. The molecule has 0 atom stereocenters. The SMILES string of the molecule is Cc1cc(-c2cc(Cl)ccc2OCCn2c(C)nc3c(-c4ccccc4)nc(C4CC4)c(C#N)c3c2=O)c2scc(C(=O)O)c2n1. The quantitative estimate of drug-likeness (QED) is 0.179. The summed E-state index contributed by atoms with van der Waals surface area (Å²) in [5, 5.41) is 22.2. The van der Waals surface area contributed by atoms with E-state index in [0.717, 1.165) is 24.0 Å². The van der Waals surface area contributed by atoms with Crippen LogP contribution in [0.2, 0.25) is 5.02 Å². The molecule has 0 aliphatic heterocycles. The third kappa shape index (κ3) is 5.17. The molecule has 4 heterocycles. The Labute approximate surface area is 272 Å². The summed E-state index contributed by atoms with van der Waals surface area (Å²) in [4.78, 5) is 40.2. The Morgan fingerprint density at radius 1 is 1.09 bits per heavy atom. The van der Waals surface area contributed by atoms with Gasteiger partial charge < -0.3 is 9.84 Å². The Kier molecular flexibility index (Phi) is 7.51. The van der Waals surface area contributed by atoms with E-state index in [-0.39, 0.29) is 41.1 Å². The first-order chi connectivity index (χ1) is 22.2. The van der Waals surface area contributed by atoms with Crippen LogP contribution in [0.5, 0.6) is 5.75 Å². The lowest BCUT2D eigenvalue weighted by Gasteiger charge is -2.17. The van der Waals surface area contributed by atoms with Gasteiger partial charge in [-0.3, -0.25) is 14.3 Å². The molecule has 1 N–H and O–H groups in total. The number of halogens is 1. The van der Waals surface area contributed by atoms with Gasteiger partial charge in [0.25, 0.3) is 5.56 Å². The molecular weight excluding hydrogens is 622 g/mol. The Balaban J connectivity index is 1.28. The second-order valence-corrected chi connectivity index (χ2v) is 12.6. The van der Waals surface area contributed by atoms with Crippen LogP contribution in [0.3, 0.4) is 0 Å². The second kappa shape index (κ2) is 11.7. The van der Waals surface area contributed by atoms with Crippen molar-refractivity contribution in [3.05, 3.63) is 104 Å². The lowest BCUT2D eigenvalue weighted by atomic mass is 10.0. The van der Waals surface area contributed by atoms with Gasteiger partial charge in [-0.2, -0.15) is 5.26 Å². The number of nitriles is 1. The van der Waals surface area contributed by atoms with Crippen molar-refractivity contribution >= 4 is 50.0 Å². The molecule has 1 fully saturated rings. The van der Waals surface area contributed by atoms with Crippen LogP contribution in [0.15, 0.2) is 64.8 Å². The number of nitrogens with zero attached hydrogens (tertiary/aromatic N) is 5. The van der Waals surface area contributed by atoms with Crippen LogP contribution in [0, 0.1) is 25.2 Å². The first-order valence-electron chi connectivity index (χ1n) is 14.7. The first-order valence-corrected chi connectivity index (χ1v) is 16.0. The van der Waals surface area contributed by atoms with Crippen molar-refractivity contribution in [3.63, 3.8) is 0 Å². The van der Waals surface area contributed by atoms with Crippen molar-refractivity contribution in [2.24, 2.45) is 0 Å². The van der Waals surface area contributed by atoms with E-state index in [9.17, 15) is 20.0 Å². The van der Waals surface area contributed by atoms with Gasteiger partial charge in [0.15, 0.2) is 0 Å². The molecule has 4 aromatic heterocycles. The maximum Gasteiger partial charge on any atom is 0.338 e. The van der Waals surface area contributed by atoms with Gasteiger partial charge in [0, 0.05) is 38.7 Å². The summed E-state index contributed by atoms with van der Waals surface area (Å²) in [5.74, 6) is 0.106. The zero-order chi connectivity index (χ0) is 32.1. The third-order valence-corrected chi connectivity index (χ3v) is 9.37. The zero-order valence-corrected chi connectivity index (χ0v) is 26.4. The van der Waals surface area contributed by atoms with E-state index >= 15 is 0 Å². The second-order valence-electron chi connectivity index (χ2n) is 11.2. The van der Waals surface area contributed by atoms with Crippen LogP contribution >= 0.6 is 22.9 Å². The van der Waals surface area contributed by atoms with E-state index in [1.54, 1.807) is 30.5 Å². The van der Waals surface area contributed by atoms with Gasteiger partial charge in [0.2, 0.25) is 0 Å². The van der Waals surface area contributed by atoms with Crippen molar-refractivity contribution in [3.8, 4) is 34.2 Å². The molecule has 2 aromatic carbocycles. The molecule has 0 bridgehead atoms. The van der Waals surface area contributed by atoms with Crippen LogP contribution in [0.1, 0.15) is 51.9 Å². The molecule has 0 unspecified atom stereocenters. The topological polar surface area (TPSA) is 131 Å². The molecule has 0 spiro atoms. The molecular formula is C35H26ClN5O4S. The Morgan fingerprint density at radius 3 is 2.59 bits per heavy atom. The number of hydrogen-bond acceptors (Lipinski definition) is 8. The standard InChI is InChI=1S/C35H26ClN5O4S/c1-18-14-24(33-31(38-18)26(17-46-33)35(43)44)23-15-22(36)10-11-27(23)45-13-12-41-19(2)39-32-28(34(41)42)25(16-37)29(21-8-9-21)40-30(32)20-6-4-3-5-7-20/h3-7,10-11,14-15,17,21H,8-9,12-13H2,1-2H3,(H,43,44). The van der Waals surface area contributed by atoms with Crippen molar-refractivity contribution in [2.45, 2.75) is 39.2 Å². The van der Waals surface area contributed by atoms with E-state index in [4.69, 9.17) is 26.3 Å². The summed E-state index contributed by atoms with van der Waals surface area (Å²) in [6, 6.07) is 19.0. The molecule has 228 valence electrons. The number of carboxylic acid groups (broad SMARTS) is 1. The molecule has 1 aliphatic carbocycles. The van der Waals surface area contributed by atoms with Gasteiger partial charge >= 0.3 is 5.97 Å². The van der Waals surface area contributed by atoms with Gasteiger partial charge in [0.05, 0.1) is 44.7 Å². The monoisotopic (exact) mass is 647 g/mol. The number of ether oxygens (including phenoxy) is 1. The molecule has 1 saturated carbocycles. The molecule has 0 radical (unpaired) electrons. The number of fused-ring (bicyclic) bond motifs is 2. The average Bonchev–Trinajstić information content (AvgIpc) is 3.80. The molecule has 0 amide bonds. The van der Waals surface area contributed by atoms with E-state index in [0.29, 0.717) is 55.0 Å². The molecule has 6 aromatic rings. The maximum absolute atomic E-state index is 14.1. The highest BCUT2D eigenvalue weighted by Crippen LogP contribution is 2.43. The minimum absolute atomic E-state index is 0.120. The summed E-state index contributed by atoms with van der Waals surface area (Å²) in [6.07, 6.45) is 1.86. The fourth-order valence-corrected chi connectivity index (χ4v) is 7.00. The predicted octanol–water partition coefficient (Wildman–Crippen LogP) is 7.53. The Bertz CT molecular complexity index is 2310. The number of carbonyl (C=O) groups is 1. The minimum atomic E-state index is -1.04. The molecule has 11 heteroatoms. The Morgan fingerprint density at radius 2 is 1.87 bits per heavy atom. The van der Waals surface area contributed by atoms with Gasteiger partial charge in [-0.25, -0.2) is 14.8 Å². The lowest BCUT2D eigenvalue weighted by Crippen LogP contribution is -2.28. The minimum Gasteiger partial charge on any atom is -0.491 e. The van der Waals surface area contributed by atoms with Crippen molar-refractivity contribution in [1.82, 2.24) is 19.5 Å². The average molecular weight is 648 g/mol. The fraction of sp³-hybridized carbons (Fsp3) is 0.200. The summed E-state index contributed by atoms with van der Waals surface area (Å²) < 4.78 is 8.53. The molecule has 0 saturated heterocycles. The smallest absolute Gasteiger partial charge is 0.338 e. The van der Waals surface area contributed by atoms with Crippen molar-refractivity contribution in [2.75, 3.05) is 6.61 Å². The summed E-state index contributed by atoms with van der Waals surface area (Å²) in [5.41, 5.74) is 5.13. The highest BCUT2D eigenvalue weighted by atomic mass is 35.5. The summed E-state index contributed by atoms with van der Waals surface area (Å²) in [7, 11) is 0. The van der Waals surface area contributed by atoms with E-state index in [1.165, 1.54) is 15.9 Å². The number of aryl methyl sites for hydroxylation is 2. The van der Waals surface area contributed by atoms with Crippen molar-refractivity contribution < 1.29 is 14.6 Å². The number of thiophene rings is 1. The maximum atomic E-state index is 14.1. The largest absolute Gasteiger partial charge is 0.491 e. The fourth-order valence-electron chi connectivity index (χ4n) is 5.82. The number of pyridine rings is 2. The number of aromatic carboxylic acids is 1. The highest BCUT2D eigenvalue weighted by molar-refractivity contribution is 7.18. The van der Waals surface area contributed by atoms with Crippen LogP contribution in [-0.2, 0) is 6.54 Å². The number of aromatic nitrogens is 4. The number of hydrogen-bond donors (Lipinski definition) is 1. The first kappa shape index (κ1) is 29.6. The lowest BCUT2D eigenvalue weighted by molar-refractivity contribution is 0.0699. The summed E-state index contributed by atoms with van der Waals surface area (Å²) in [6.45, 7) is 3.86. The zero-order valence-electron chi connectivity index (χ0n) is 24.9. The van der Waals surface area contributed by atoms with Gasteiger partial charge in [-0.05, 0) is 51.0 Å². The van der Waals surface area contributed by atoms with Crippen LogP contribution < -0.4 is 10.3 Å². The predicted molar refractivity (Wildman–Crippen MR) is 178 cm³/mol. The Hall–Kier alpha value is -5.11. The van der Waals surface area contributed by atoms with Gasteiger partial charge in [-0.15, -0.1) is 11.3 Å². The molecule has 9 nitrogen and oxygen atoms in total.